The highest BCUT2D eigenvalue weighted by atomic mass is 32.2. The molecule has 47 heavy (non-hydrogen) atoms. The number of hydrogen-bond donors (Lipinski definition) is 2. The Balaban J connectivity index is 1.51. The van der Waals surface area contributed by atoms with Crippen molar-refractivity contribution in [2.75, 3.05) is 33.4 Å². The average molecular weight is 669 g/mol. The summed E-state index contributed by atoms with van der Waals surface area (Å²) in [5.74, 6) is 0.791. The van der Waals surface area contributed by atoms with Crippen molar-refractivity contribution >= 4 is 32.9 Å². The van der Waals surface area contributed by atoms with Crippen LogP contribution in [0.2, 0.25) is 0 Å². The van der Waals surface area contributed by atoms with Crippen molar-refractivity contribution in [1.29, 1.82) is 0 Å². The zero-order chi connectivity index (χ0) is 34.0. The first kappa shape index (κ1) is 33.7. The van der Waals surface area contributed by atoms with Gasteiger partial charge in [0.2, 0.25) is 15.9 Å². The van der Waals surface area contributed by atoms with Gasteiger partial charge in [-0.2, -0.15) is 9.40 Å². The van der Waals surface area contributed by atoms with Gasteiger partial charge in [-0.25, -0.2) is 22.9 Å². The Morgan fingerprint density at radius 2 is 1.77 bits per heavy atom. The van der Waals surface area contributed by atoms with E-state index in [1.54, 1.807) is 50.0 Å². The molecule has 0 unspecified atom stereocenters. The summed E-state index contributed by atoms with van der Waals surface area (Å²) in [6, 6.07) is 8.69. The van der Waals surface area contributed by atoms with Crippen LogP contribution in [0.1, 0.15) is 48.3 Å². The lowest BCUT2D eigenvalue weighted by atomic mass is 10.0. The van der Waals surface area contributed by atoms with Crippen molar-refractivity contribution in [2.24, 2.45) is 20.0 Å². The third-order valence-electron chi connectivity index (χ3n) is 8.13. The van der Waals surface area contributed by atoms with Gasteiger partial charge in [0.25, 0.3) is 5.91 Å². The largest absolute Gasteiger partial charge is 0.493 e. The molecular weight excluding hydrogens is 628 g/mol. The molecule has 2 amide bonds. The Bertz CT molecular complexity index is 1980. The van der Waals surface area contributed by atoms with Crippen LogP contribution >= 0.6 is 0 Å². The van der Waals surface area contributed by atoms with Crippen LogP contribution in [0.15, 0.2) is 46.1 Å². The van der Waals surface area contributed by atoms with Crippen molar-refractivity contribution in [3.05, 3.63) is 64.1 Å². The Morgan fingerprint density at radius 1 is 1.02 bits per heavy atom. The Morgan fingerprint density at radius 3 is 2.49 bits per heavy atom. The van der Waals surface area contributed by atoms with Crippen LogP contribution in [0.5, 0.6) is 11.5 Å². The number of methoxy groups -OCH3 is 1. The van der Waals surface area contributed by atoms with Crippen LogP contribution < -0.4 is 25.8 Å². The average Bonchev–Trinajstić information content (AvgIpc) is 3.51. The number of nitrogens with one attached hydrogen (secondary N) is 2. The topological polar surface area (TPSA) is 172 Å². The second kappa shape index (κ2) is 13.6. The lowest BCUT2D eigenvalue weighted by molar-refractivity contribution is -0.122. The lowest BCUT2D eigenvalue weighted by Gasteiger charge is -2.26. The van der Waals surface area contributed by atoms with E-state index < -0.39 is 28.5 Å². The molecule has 16 heteroatoms. The van der Waals surface area contributed by atoms with Gasteiger partial charge in [0.1, 0.15) is 18.3 Å². The quantitative estimate of drug-likeness (QED) is 0.327. The molecule has 0 fully saturated rings. The maximum atomic E-state index is 14.1. The number of aromatic nitrogens is 5. The predicted octanol–water partition coefficient (Wildman–Crippen LogP) is 1.50. The van der Waals surface area contributed by atoms with E-state index >= 15 is 0 Å². The van der Waals surface area contributed by atoms with Gasteiger partial charge in [-0.3, -0.25) is 18.7 Å². The standard InChI is InChI=1S/C31H40N8O7S/c1-19(2)28-29-33-20(3)35-39(29)14-15-46-26-16-21(8-11-25(26)45-6)30(41)32-12-7-13-38(18-27(40)34-28)47(43,44)22-9-10-23-24(17-22)37(5)31(42)36(23)4/h8-11,16-17,19,28H,7,12-15,18H2,1-6H3,(H,32,41)(H,34,40)/t28-/m0/s1. The van der Waals surface area contributed by atoms with Crippen LogP contribution in [0.3, 0.4) is 0 Å². The van der Waals surface area contributed by atoms with E-state index in [1.165, 1.54) is 28.4 Å². The minimum Gasteiger partial charge on any atom is -0.493 e. The maximum absolute atomic E-state index is 14.1. The van der Waals surface area contributed by atoms with E-state index in [4.69, 9.17) is 9.47 Å². The fraction of sp³-hybridized carbons (Fsp3) is 0.452. The van der Waals surface area contributed by atoms with E-state index in [9.17, 15) is 22.8 Å². The van der Waals surface area contributed by atoms with Crippen LogP contribution in [-0.2, 0) is 35.5 Å². The van der Waals surface area contributed by atoms with Crippen molar-refractivity contribution in [3.63, 3.8) is 0 Å². The van der Waals surface area contributed by atoms with E-state index in [1.807, 2.05) is 13.8 Å². The first-order valence-corrected chi connectivity index (χ1v) is 16.7. The van der Waals surface area contributed by atoms with Gasteiger partial charge in [-0.1, -0.05) is 13.8 Å². The molecule has 2 N–H and O–H groups in total. The van der Waals surface area contributed by atoms with Gasteiger partial charge in [-0.15, -0.1) is 0 Å². The molecule has 0 radical (unpaired) electrons. The number of nitrogens with zero attached hydrogens (tertiary/aromatic N) is 6. The maximum Gasteiger partial charge on any atom is 0.328 e. The summed E-state index contributed by atoms with van der Waals surface area (Å²) in [6.07, 6.45) is 0.213. The molecule has 2 aromatic heterocycles. The SMILES string of the molecule is COc1ccc2cc1OCCn1nc(C)nc1[C@H](C(C)C)NC(=O)CN(S(=O)(=O)c1ccc3c(c1)n(C)c(=O)n3C)CCCNC2=O. The number of hydrogen-bond acceptors (Lipinski definition) is 9. The number of fused-ring (bicyclic) bond motifs is 4. The summed E-state index contributed by atoms with van der Waals surface area (Å²) in [7, 11) is 0.464. The van der Waals surface area contributed by atoms with Crippen molar-refractivity contribution in [3.8, 4) is 11.5 Å². The van der Waals surface area contributed by atoms with E-state index in [0.717, 1.165) is 4.31 Å². The number of imidazole rings is 1. The zero-order valence-electron chi connectivity index (χ0n) is 27.3. The first-order chi connectivity index (χ1) is 22.3. The second-order valence-corrected chi connectivity index (χ2v) is 13.7. The Hall–Kier alpha value is -4.70. The molecular formula is C31H40N8O7S. The minimum atomic E-state index is -4.22. The molecule has 252 valence electrons. The number of rotatable bonds is 4. The third kappa shape index (κ3) is 6.88. The minimum absolute atomic E-state index is 0.0632. The molecule has 2 bridgehead atoms. The summed E-state index contributed by atoms with van der Waals surface area (Å²) in [5, 5.41) is 10.3. The summed E-state index contributed by atoms with van der Waals surface area (Å²) in [5.41, 5.74) is 1.06. The number of carbonyl (C=O) groups is 2. The Labute approximate surface area is 272 Å². The molecule has 0 saturated heterocycles. The van der Waals surface area contributed by atoms with E-state index in [0.29, 0.717) is 39.7 Å². The highest BCUT2D eigenvalue weighted by Crippen LogP contribution is 2.29. The van der Waals surface area contributed by atoms with Crippen molar-refractivity contribution in [1.82, 2.24) is 38.8 Å². The predicted molar refractivity (Wildman–Crippen MR) is 173 cm³/mol. The van der Waals surface area contributed by atoms with Gasteiger partial charge >= 0.3 is 5.69 Å². The summed E-state index contributed by atoms with van der Waals surface area (Å²) >= 11 is 0. The number of aryl methyl sites for hydroxylation is 3. The first-order valence-electron chi connectivity index (χ1n) is 15.3. The molecule has 15 nitrogen and oxygen atoms in total. The number of sulfonamides is 1. The summed E-state index contributed by atoms with van der Waals surface area (Å²) in [4.78, 5) is 43.6. The fourth-order valence-electron chi connectivity index (χ4n) is 5.59. The highest BCUT2D eigenvalue weighted by molar-refractivity contribution is 7.89. The summed E-state index contributed by atoms with van der Waals surface area (Å²) in [6.45, 7) is 5.62. The zero-order valence-corrected chi connectivity index (χ0v) is 28.1. The lowest BCUT2D eigenvalue weighted by Crippen LogP contribution is -2.44. The molecule has 5 rings (SSSR count). The van der Waals surface area contributed by atoms with Crippen molar-refractivity contribution < 1.29 is 27.5 Å². The van der Waals surface area contributed by atoms with Gasteiger partial charge < -0.3 is 20.1 Å². The molecule has 3 heterocycles. The number of ether oxygens (including phenoxy) is 2. The molecule has 2 aromatic carbocycles. The van der Waals surface area contributed by atoms with E-state index in [2.05, 4.69) is 20.7 Å². The van der Waals surface area contributed by atoms with Gasteiger partial charge in [0.15, 0.2) is 11.5 Å². The van der Waals surface area contributed by atoms with Crippen LogP contribution in [0, 0.1) is 12.8 Å². The van der Waals surface area contributed by atoms with Crippen LogP contribution in [0.4, 0.5) is 0 Å². The smallest absolute Gasteiger partial charge is 0.328 e. The Kier molecular flexibility index (Phi) is 9.72. The molecule has 1 aliphatic rings. The fourth-order valence-corrected chi connectivity index (χ4v) is 7.04. The van der Waals surface area contributed by atoms with Gasteiger partial charge in [-0.05, 0) is 55.7 Å². The van der Waals surface area contributed by atoms with Gasteiger partial charge in [0.05, 0.1) is 42.2 Å². The van der Waals surface area contributed by atoms with Crippen molar-refractivity contribution in [2.45, 2.75) is 44.7 Å². The molecule has 1 atom stereocenters. The van der Waals surface area contributed by atoms with Crippen LogP contribution in [-0.4, -0.2) is 81.8 Å². The number of amides is 2. The summed E-state index contributed by atoms with van der Waals surface area (Å²) < 4.78 is 45.1. The third-order valence-corrected chi connectivity index (χ3v) is 9.97. The molecule has 0 spiro atoms. The number of benzene rings is 2. The van der Waals surface area contributed by atoms with E-state index in [-0.39, 0.29) is 55.1 Å². The van der Waals surface area contributed by atoms with Crippen LogP contribution in [0.25, 0.3) is 11.0 Å². The second-order valence-electron chi connectivity index (χ2n) is 11.7. The highest BCUT2D eigenvalue weighted by Gasteiger charge is 2.30. The molecule has 1 aliphatic heterocycles. The molecule has 0 saturated carbocycles. The number of carbonyl (C=O) groups excluding carboxylic acids is 2. The normalized spacial score (nSPS) is 17.4. The monoisotopic (exact) mass is 668 g/mol. The molecule has 4 aromatic rings. The molecule has 0 aliphatic carbocycles. The van der Waals surface area contributed by atoms with Gasteiger partial charge in [0, 0.05) is 32.7 Å².